The van der Waals surface area contributed by atoms with Crippen molar-refractivity contribution in [3.8, 4) is 11.1 Å². The van der Waals surface area contributed by atoms with Crippen molar-refractivity contribution in [2.45, 2.75) is 31.8 Å². The van der Waals surface area contributed by atoms with Crippen LogP contribution in [0.3, 0.4) is 0 Å². The van der Waals surface area contributed by atoms with Gasteiger partial charge >= 0.3 is 0 Å². The Morgan fingerprint density at radius 2 is 2.00 bits per heavy atom. The molecule has 4 aromatic heterocycles. The quantitative estimate of drug-likeness (QED) is 0.442. The van der Waals surface area contributed by atoms with Crippen molar-refractivity contribution >= 4 is 27.6 Å². The molecular formula is C25H23N7O. The van der Waals surface area contributed by atoms with E-state index in [4.69, 9.17) is 0 Å². The van der Waals surface area contributed by atoms with Crippen LogP contribution in [0, 0.1) is 0 Å². The second kappa shape index (κ2) is 7.51. The molecule has 1 aromatic carbocycles. The van der Waals surface area contributed by atoms with Gasteiger partial charge in [0, 0.05) is 36.7 Å². The third-order valence-electron chi connectivity index (χ3n) is 6.23. The van der Waals surface area contributed by atoms with Crippen LogP contribution >= 0.6 is 0 Å². The molecule has 6 rings (SSSR count). The number of hydrogen-bond acceptors (Lipinski definition) is 6. The number of fused-ring (bicyclic) bond motifs is 2. The molecule has 4 heterocycles. The Hall–Kier alpha value is -4.07. The largest absolute Gasteiger partial charge is 0.360 e. The number of benzene rings is 1. The average Bonchev–Trinajstić information content (AvgIpc) is 3.57. The Balaban J connectivity index is 1.50. The highest BCUT2D eigenvalue weighted by Gasteiger charge is 2.30. The number of nitrogens with one attached hydrogen (secondary N) is 1. The molecule has 8 heteroatoms. The van der Waals surface area contributed by atoms with Gasteiger partial charge in [0.05, 0.1) is 23.1 Å². The number of rotatable bonds is 5. The van der Waals surface area contributed by atoms with Gasteiger partial charge in [0.15, 0.2) is 5.82 Å². The van der Waals surface area contributed by atoms with E-state index in [1.807, 2.05) is 48.1 Å². The third-order valence-corrected chi connectivity index (χ3v) is 6.23. The van der Waals surface area contributed by atoms with Crippen LogP contribution in [0.4, 0.5) is 5.82 Å². The zero-order valence-electron chi connectivity index (χ0n) is 18.4. The van der Waals surface area contributed by atoms with Gasteiger partial charge < -0.3 is 9.88 Å². The summed E-state index contributed by atoms with van der Waals surface area (Å²) in [5.74, 6) is 0.659. The second-order valence-corrected chi connectivity index (χ2v) is 8.61. The molecule has 5 aromatic rings. The number of aromatic nitrogens is 6. The first kappa shape index (κ1) is 19.6. The highest BCUT2D eigenvalue weighted by atomic mass is 16.1. The highest BCUT2D eigenvalue weighted by Crippen LogP contribution is 2.38. The summed E-state index contributed by atoms with van der Waals surface area (Å²) in [5.41, 5.74) is 4.34. The molecule has 0 radical (unpaired) electrons. The van der Waals surface area contributed by atoms with E-state index in [0.717, 1.165) is 46.0 Å². The van der Waals surface area contributed by atoms with Gasteiger partial charge in [0.1, 0.15) is 11.8 Å². The maximum absolute atomic E-state index is 13.9. The molecule has 33 heavy (non-hydrogen) atoms. The zero-order valence-corrected chi connectivity index (χ0v) is 18.4. The Morgan fingerprint density at radius 3 is 2.79 bits per heavy atom. The van der Waals surface area contributed by atoms with Crippen molar-refractivity contribution in [2.24, 2.45) is 7.05 Å². The minimum Gasteiger partial charge on any atom is -0.360 e. The Kier molecular flexibility index (Phi) is 4.46. The molecule has 0 aliphatic heterocycles. The molecule has 0 saturated heterocycles. The molecule has 0 spiro atoms. The standard InChI is InChI=1S/C25H23N7O/c1-15(30-24-23-20(27-14-28-24)7-4-10-26-23)21-11-16-5-3-6-19(17-12-29-31(2)13-17)22(16)25(33)32(21)18-8-9-18/h3-7,10-15,18H,8-9H2,1-2H3,(H,27,28,30)/t15-/m0/s1. The van der Waals surface area contributed by atoms with E-state index >= 15 is 0 Å². The summed E-state index contributed by atoms with van der Waals surface area (Å²) >= 11 is 0. The van der Waals surface area contributed by atoms with Crippen LogP contribution in [-0.2, 0) is 7.05 Å². The van der Waals surface area contributed by atoms with Crippen LogP contribution in [0.1, 0.15) is 37.5 Å². The summed E-state index contributed by atoms with van der Waals surface area (Å²) in [5, 5.41) is 9.44. The molecule has 1 N–H and O–H groups in total. The van der Waals surface area contributed by atoms with Crippen molar-refractivity contribution in [2.75, 3.05) is 5.32 Å². The van der Waals surface area contributed by atoms with E-state index in [2.05, 4.69) is 38.4 Å². The van der Waals surface area contributed by atoms with Crippen LogP contribution in [-0.4, -0.2) is 29.3 Å². The van der Waals surface area contributed by atoms with E-state index in [-0.39, 0.29) is 17.6 Å². The predicted octanol–water partition coefficient (Wildman–Crippen LogP) is 4.25. The maximum Gasteiger partial charge on any atom is 0.259 e. The first-order valence-corrected chi connectivity index (χ1v) is 11.1. The van der Waals surface area contributed by atoms with Crippen molar-refractivity contribution in [3.05, 3.63) is 77.4 Å². The van der Waals surface area contributed by atoms with Gasteiger partial charge in [-0.3, -0.25) is 14.5 Å². The lowest BCUT2D eigenvalue weighted by Gasteiger charge is -2.22. The summed E-state index contributed by atoms with van der Waals surface area (Å²) in [6, 6.07) is 12.0. The second-order valence-electron chi connectivity index (χ2n) is 8.61. The number of pyridine rings is 2. The SMILES string of the molecule is C[C@H](Nc1ncnc2cccnc12)c1cc2cccc(-c3cnn(C)c3)c2c(=O)n1C1CC1. The lowest BCUT2D eigenvalue weighted by atomic mass is 10.00. The zero-order chi connectivity index (χ0) is 22.5. The van der Waals surface area contributed by atoms with Gasteiger partial charge in [-0.15, -0.1) is 0 Å². The first-order chi connectivity index (χ1) is 16.1. The number of anilines is 1. The van der Waals surface area contributed by atoms with Gasteiger partial charge in [-0.05, 0) is 48.9 Å². The Labute approximate surface area is 189 Å². The van der Waals surface area contributed by atoms with Gasteiger partial charge in [-0.25, -0.2) is 9.97 Å². The smallest absolute Gasteiger partial charge is 0.259 e. The fourth-order valence-electron chi connectivity index (χ4n) is 4.52. The fraction of sp³-hybridized carbons (Fsp3) is 0.240. The monoisotopic (exact) mass is 437 g/mol. The van der Waals surface area contributed by atoms with E-state index in [1.54, 1.807) is 17.1 Å². The van der Waals surface area contributed by atoms with Gasteiger partial charge in [-0.2, -0.15) is 5.10 Å². The van der Waals surface area contributed by atoms with E-state index in [1.165, 1.54) is 6.33 Å². The van der Waals surface area contributed by atoms with E-state index in [9.17, 15) is 4.79 Å². The highest BCUT2D eigenvalue weighted by molar-refractivity contribution is 5.96. The van der Waals surface area contributed by atoms with Gasteiger partial charge in [-0.1, -0.05) is 18.2 Å². The van der Waals surface area contributed by atoms with Crippen molar-refractivity contribution < 1.29 is 0 Å². The molecule has 1 fully saturated rings. The molecule has 1 aliphatic rings. The molecule has 1 saturated carbocycles. The normalized spacial score (nSPS) is 14.6. The van der Waals surface area contributed by atoms with E-state index in [0.29, 0.717) is 11.3 Å². The van der Waals surface area contributed by atoms with E-state index < -0.39 is 0 Å². The Morgan fingerprint density at radius 1 is 1.12 bits per heavy atom. The third kappa shape index (κ3) is 3.34. The lowest BCUT2D eigenvalue weighted by molar-refractivity contribution is 0.636. The molecular weight excluding hydrogens is 414 g/mol. The molecule has 1 atom stereocenters. The summed E-state index contributed by atoms with van der Waals surface area (Å²) < 4.78 is 3.73. The fourth-order valence-corrected chi connectivity index (χ4v) is 4.52. The van der Waals surface area contributed by atoms with Crippen LogP contribution < -0.4 is 10.9 Å². The molecule has 164 valence electrons. The average molecular weight is 438 g/mol. The first-order valence-electron chi connectivity index (χ1n) is 11.1. The summed E-state index contributed by atoms with van der Waals surface area (Å²) in [7, 11) is 1.88. The lowest BCUT2D eigenvalue weighted by Crippen LogP contribution is -2.26. The Bertz CT molecular complexity index is 1560. The number of nitrogens with zero attached hydrogens (tertiary/aromatic N) is 6. The molecule has 8 nitrogen and oxygen atoms in total. The van der Waals surface area contributed by atoms with Crippen LogP contribution in [0.15, 0.2) is 66.1 Å². The minimum atomic E-state index is -0.148. The van der Waals surface area contributed by atoms with Gasteiger partial charge in [0.2, 0.25) is 0 Å². The van der Waals surface area contributed by atoms with Crippen molar-refractivity contribution in [3.63, 3.8) is 0 Å². The predicted molar refractivity (Wildman–Crippen MR) is 128 cm³/mol. The maximum atomic E-state index is 13.9. The number of hydrogen-bond donors (Lipinski definition) is 1. The van der Waals surface area contributed by atoms with Crippen LogP contribution in [0.5, 0.6) is 0 Å². The molecule has 0 amide bonds. The summed E-state index contributed by atoms with van der Waals surface area (Å²) in [4.78, 5) is 27.0. The summed E-state index contributed by atoms with van der Waals surface area (Å²) in [6.45, 7) is 2.06. The molecule has 0 bridgehead atoms. The summed E-state index contributed by atoms with van der Waals surface area (Å²) in [6.07, 6.45) is 9.05. The van der Waals surface area contributed by atoms with Crippen molar-refractivity contribution in [1.29, 1.82) is 0 Å². The topological polar surface area (TPSA) is 90.5 Å². The molecule has 0 unspecified atom stereocenters. The van der Waals surface area contributed by atoms with Crippen LogP contribution in [0.2, 0.25) is 0 Å². The van der Waals surface area contributed by atoms with Gasteiger partial charge in [0.25, 0.3) is 5.56 Å². The minimum absolute atomic E-state index is 0.0452. The van der Waals surface area contributed by atoms with Crippen molar-refractivity contribution in [1.82, 2.24) is 29.3 Å². The molecule has 1 aliphatic carbocycles. The number of aryl methyl sites for hydroxylation is 1. The van der Waals surface area contributed by atoms with Crippen LogP contribution in [0.25, 0.3) is 32.9 Å².